The summed E-state index contributed by atoms with van der Waals surface area (Å²) in [6, 6.07) is 21.4. The molecule has 0 aliphatic carbocycles. The second-order valence-electron chi connectivity index (χ2n) is 15.4. The largest absolute Gasteiger partial charge is 0.493 e. The first-order valence-corrected chi connectivity index (χ1v) is 20.1. The summed E-state index contributed by atoms with van der Waals surface area (Å²) in [7, 11) is 3.33. The SMILES string of the molecule is COc1ccc(-c2[nH]c3ccc(C4CCN(C(=O)CN5CCC[C@H](C(=O)N6CCN(Cc7ccc(Br)cc7)CC6)C5)CC4)cc3c2C(C)C)cc1OC. The molecule has 1 N–H and O–H groups in total. The van der Waals surface area contributed by atoms with Gasteiger partial charge in [0.15, 0.2) is 11.5 Å². The number of fused-ring (bicyclic) bond motifs is 1. The molecule has 3 aliphatic rings. The number of H-pyrrole nitrogens is 1. The van der Waals surface area contributed by atoms with E-state index in [2.05, 4.69) is 103 Å². The Hall–Kier alpha value is -3.86. The topological polar surface area (TPSA) is 81.3 Å². The quantitative estimate of drug-likeness (QED) is 0.180. The number of carbonyl (C=O) groups excluding carboxylic acids is 2. The number of amides is 2. The molecular weight excluding hydrogens is 730 g/mol. The molecule has 0 unspecified atom stereocenters. The lowest BCUT2D eigenvalue weighted by Crippen LogP contribution is -2.53. The van der Waals surface area contributed by atoms with Crippen molar-refractivity contribution in [3.05, 3.63) is 81.8 Å². The van der Waals surface area contributed by atoms with Crippen molar-refractivity contribution in [2.45, 2.75) is 57.9 Å². The van der Waals surface area contributed by atoms with Gasteiger partial charge in [-0.1, -0.05) is 48.0 Å². The number of hydrogen-bond donors (Lipinski definition) is 1. The Bertz CT molecular complexity index is 1890. The van der Waals surface area contributed by atoms with Crippen LogP contribution in [-0.4, -0.2) is 110 Å². The van der Waals surface area contributed by atoms with Crippen LogP contribution in [0.2, 0.25) is 0 Å². The van der Waals surface area contributed by atoms with Gasteiger partial charge in [-0.2, -0.15) is 0 Å². The number of aromatic amines is 1. The van der Waals surface area contributed by atoms with Crippen LogP contribution in [0.15, 0.2) is 65.1 Å². The maximum absolute atomic E-state index is 13.6. The maximum Gasteiger partial charge on any atom is 0.236 e. The van der Waals surface area contributed by atoms with Crippen molar-refractivity contribution in [3.63, 3.8) is 0 Å². The summed E-state index contributed by atoms with van der Waals surface area (Å²) in [4.78, 5) is 39.6. The summed E-state index contributed by atoms with van der Waals surface area (Å²) in [5.41, 5.74) is 7.27. The highest BCUT2D eigenvalue weighted by Crippen LogP contribution is 2.40. The average molecular weight is 785 g/mol. The fraction of sp³-hybridized carbons (Fsp3) is 0.488. The van der Waals surface area contributed by atoms with E-state index in [1.165, 1.54) is 22.1 Å². The first kappa shape index (κ1) is 37.5. The second-order valence-corrected chi connectivity index (χ2v) is 16.3. The van der Waals surface area contributed by atoms with Gasteiger partial charge in [0.1, 0.15) is 0 Å². The van der Waals surface area contributed by atoms with E-state index in [0.29, 0.717) is 30.7 Å². The molecule has 53 heavy (non-hydrogen) atoms. The molecule has 10 heteroatoms. The summed E-state index contributed by atoms with van der Waals surface area (Å²) in [5, 5.41) is 1.26. The highest BCUT2D eigenvalue weighted by atomic mass is 79.9. The molecule has 4 heterocycles. The van der Waals surface area contributed by atoms with E-state index in [0.717, 1.165) is 105 Å². The molecular formula is C43H54BrN5O4. The second kappa shape index (κ2) is 16.7. The van der Waals surface area contributed by atoms with Gasteiger partial charge in [-0.25, -0.2) is 0 Å². The minimum Gasteiger partial charge on any atom is -0.493 e. The number of nitrogens with zero attached hydrogens (tertiary/aromatic N) is 4. The van der Waals surface area contributed by atoms with Crippen LogP contribution < -0.4 is 9.47 Å². The third-order valence-corrected chi connectivity index (χ3v) is 12.2. The number of carbonyl (C=O) groups is 2. The standard InChI is InChI=1S/C43H54BrN5O4/c1-29(2)41-36-24-32(9-13-37(36)45-42(41)33-10-14-38(52-3)39(25-33)53-4)31-15-18-48(19-16-31)40(50)28-47-17-5-6-34(27-47)43(51)49-22-20-46(21-23-49)26-30-7-11-35(44)12-8-30/h7-14,24-25,29,31,34,45H,5-6,15-23,26-28H2,1-4H3/t34-/m0/s1. The van der Waals surface area contributed by atoms with Crippen molar-refractivity contribution in [2.75, 3.05) is 73.1 Å². The van der Waals surface area contributed by atoms with Crippen molar-refractivity contribution < 1.29 is 19.1 Å². The highest BCUT2D eigenvalue weighted by Gasteiger charge is 2.33. The van der Waals surface area contributed by atoms with Crippen molar-refractivity contribution >= 4 is 38.6 Å². The Kier molecular flexibility index (Phi) is 11.8. The van der Waals surface area contributed by atoms with Crippen LogP contribution in [0.4, 0.5) is 0 Å². The minimum absolute atomic E-state index is 0.0216. The molecule has 0 bridgehead atoms. The number of hydrogen-bond acceptors (Lipinski definition) is 6. The number of methoxy groups -OCH3 is 2. The van der Waals surface area contributed by atoms with Crippen LogP contribution in [0, 0.1) is 5.92 Å². The van der Waals surface area contributed by atoms with Gasteiger partial charge in [0.05, 0.1) is 32.4 Å². The number of piperidine rings is 2. The molecule has 3 fully saturated rings. The van der Waals surface area contributed by atoms with E-state index in [1.54, 1.807) is 14.2 Å². The van der Waals surface area contributed by atoms with Crippen LogP contribution in [-0.2, 0) is 16.1 Å². The number of likely N-dealkylation sites (tertiary alicyclic amines) is 2. The summed E-state index contributed by atoms with van der Waals surface area (Å²) in [6.07, 6.45) is 3.78. The van der Waals surface area contributed by atoms with Crippen molar-refractivity contribution in [1.82, 2.24) is 24.6 Å². The molecule has 7 rings (SSSR count). The molecule has 1 aromatic heterocycles. The summed E-state index contributed by atoms with van der Waals surface area (Å²) in [6.45, 7) is 12.2. The van der Waals surface area contributed by atoms with Gasteiger partial charge in [0.2, 0.25) is 11.8 Å². The van der Waals surface area contributed by atoms with E-state index in [9.17, 15) is 9.59 Å². The highest BCUT2D eigenvalue weighted by molar-refractivity contribution is 9.10. The van der Waals surface area contributed by atoms with Gasteiger partial charge in [-0.05, 0) is 103 Å². The molecule has 3 aromatic carbocycles. The normalized spacial score (nSPS) is 19.2. The molecule has 3 saturated heterocycles. The third kappa shape index (κ3) is 8.45. The van der Waals surface area contributed by atoms with Crippen LogP contribution in [0.3, 0.4) is 0 Å². The lowest BCUT2D eigenvalue weighted by Gasteiger charge is -2.39. The first-order valence-electron chi connectivity index (χ1n) is 19.3. The number of piperazine rings is 1. The number of benzene rings is 3. The Morgan fingerprint density at radius 3 is 2.25 bits per heavy atom. The van der Waals surface area contributed by atoms with Crippen LogP contribution in [0.5, 0.6) is 11.5 Å². The van der Waals surface area contributed by atoms with Crippen LogP contribution >= 0.6 is 15.9 Å². The monoisotopic (exact) mass is 783 g/mol. The van der Waals surface area contributed by atoms with Gasteiger partial charge in [0, 0.05) is 73.3 Å². The Morgan fingerprint density at radius 2 is 1.55 bits per heavy atom. The average Bonchev–Trinajstić information content (AvgIpc) is 3.58. The van der Waals surface area contributed by atoms with Gasteiger partial charge >= 0.3 is 0 Å². The zero-order valence-electron chi connectivity index (χ0n) is 31.7. The fourth-order valence-corrected chi connectivity index (χ4v) is 8.95. The number of aromatic nitrogens is 1. The Labute approximate surface area is 322 Å². The molecule has 282 valence electrons. The molecule has 0 spiro atoms. The molecule has 2 amide bonds. The van der Waals surface area contributed by atoms with Crippen molar-refractivity contribution in [2.24, 2.45) is 5.92 Å². The third-order valence-electron chi connectivity index (χ3n) is 11.6. The molecule has 9 nitrogen and oxygen atoms in total. The van der Waals surface area contributed by atoms with E-state index in [1.807, 2.05) is 12.1 Å². The Balaban J connectivity index is 0.920. The van der Waals surface area contributed by atoms with Crippen molar-refractivity contribution in [3.8, 4) is 22.8 Å². The predicted octanol–water partition coefficient (Wildman–Crippen LogP) is 7.50. The Morgan fingerprint density at radius 1 is 0.811 bits per heavy atom. The summed E-state index contributed by atoms with van der Waals surface area (Å²) >= 11 is 3.51. The zero-order valence-corrected chi connectivity index (χ0v) is 33.3. The van der Waals surface area contributed by atoms with E-state index in [-0.39, 0.29) is 17.7 Å². The van der Waals surface area contributed by atoms with Gasteiger partial charge in [0.25, 0.3) is 0 Å². The van der Waals surface area contributed by atoms with Crippen molar-refractivity contribution in [1.29, 1.82) is 0 Å². The van der Waals surface area contributed by atoms with Crippen LogP contribution in [0.25, 0.3) is 22.2 Å². The van der Waals surface area contributed by atoms with Gasteiger partial charge in [-0.3, -0.25) is 19.4 Å². The van der Waals surface area contributed by atoms with E-state index in [4.69, 9.17) is 9.47 Å². The molecule has 1 atom stereocenters. The van der Waals surface area contributed by atoms with E-state index >= 15 is 0 Å². The number of nitrogens with one attached hydrogen (secondary N) is 1. The predicted molar refractivity (Wildman–Crippen MR) is 215 cm³/mol. The van der Waals surface area contributed by atoms with Crippen LogP contribution in [0.1, 0.15) is 68.1 Å². The van der Waals surface area contributed by atoms with E-state index < -0.39 is 0 Å². The van der Waals surface area contributed by atoms with Gasteiger partial charge < -0.3 is 24.3 Å². The lowest BCUT2D eigenvalue weighted by molar-refractivity contribution is -0.141. The number of rotatable bonds is 10. The fourth-order valence-electron chi connectivity index (χ4n) is 8.69. The first-order chi connectivity index (χ1) is 25.7. The molecule has 0 saturated carbocycles. The smallest absolute Gasteiger partial charge is 0.236 e. The molecule has 3 aliphatic heterocycles. The zero-order chi connectivity index (χ0) is 37.1. The molecule has 4 aromatic rings. The summed E-state index contributed by atoms with van der Waals surface area (Å²) in [5.74, 6) is 2.61. The number of ether oxygens (including phenoxy) is 2. The maximum atomic E-state index is 13.6. The minimum atomic E-state index is -0.0216. The molecule has 0 radical (unpaired) electrons. The summed E-state index contributed by atoms with van der Waals surface area (Å²) < 4.78 is 12.2. The van der Waals surface area contributed by atoms with Gasteiger partial charge in [-0.15, -0.1) is 0 Å². The number of halogens is 1. The lowest BCUT2D eigenvalue weighted by atomic mass is 9.87.